The summed E-state index contributed by atoms with van der Waals surface area (Å²) in [7, 11) is 0. The fraction of sp³-hybridized carbons (Fsp3) is 0.487. The van der Waals surface area contributed by atoms with E-state index in [9.17, 15) is 9.90 Å². The lowest BCUT2D eigenvalue weighted by molar-refractivity contribution is -0.160. The van der Waals surface area contributed by atoms with Crippen molar-refractivity contribution in [1.29, 1.82) is 0 Å². The van der Waals surface area contributed by atoms with Crippen molar-refractivity contribution in [3.8, 4) is 11.3 Å². The zero-order valence-corrected chi connectivity index (χ0v) is 31.4. The maximum absolute atomic E-state index is 12.9. The zero-order valence-electron chi connectivity index (χ0n) is 29.8. The number of halogens is 1. The number of hydrogen-bond donors (Lipinski definition) is 1. The van der Waals surface area contributed by atoms with Crippen molar-refractivity contribution in [3.05, 3.63) is 87.5 Å². The quantitative estimate of drug-likeness (QED) is 0.129. The molecule has 49 heavy (non-hydrogen) atoms. The summed E-state index contributed by atoms with van der Waals surface area (Å²) in [5.74, 6) is -0.214. The van der Waals surface area contributed by atoms with Crippen LogP contribution in [0.4, 0.5) is 5.82 Å². The van der Waals surface area contributed by atoms with Crippen molar-refractivity contribution in [1.82, 2.24) is 9.38 Å². The highest BCUT2D eigenvalue weighted by Crippen LogP contribution is 2.41. The molecule has 0 unspecified atom stereocenters. The van der Waals surface area contributed by atoms with Gasteiger partial charge in [-0.2, -0.15) is 0 Å². The van der Waals surface area contributed by atoms with Gasteiger partial charge in [-0.25, -0.2) is 9.78 Å². The summed E-state index contributed by atoms with van der Waals surface area (Å²) < 4.78 is 27.5. The van der Waals surface area contributed by atoms with Gasteiger partial charge in [0.2, 0.25) is 0 Å². The van der Waals surface area contributed by atoms with Gasteiger partial charge in [-0.3, -0.25) is 4.40 Å². The molecule has 10 heteroatoms. The first-order valence-corrected chi connectivity index (χ1v) is 17.8. The van der Waals surface area contributed by atoms with Crippen LogP contribution in [-0.2, 0) is 30.3 Å². The van der Waals surface area contributed by atoms with Gasteiger partial charge in [0.25, 0.3) is 0 Å². The second-order valence-electron chi connectivity index (χ2n) is 14.2. The molecule has 0 radical (unpaired) electrons. The van der Waals surface area contributed by atoms with Gasteiger partial charge in [-0.05, 0) is 90.1 Å². The van der Waals surface area contributed by atoms with Crippen LogP contribution < -0.4 is 4.90 Å². The molecule has 1 aliphatic heterocycles. The number of aromatic nitrogens is 2. The molecule has 0 aliphatic carbocycles. The first-order chi connectivity index (χ1) is 23.2. The number of piperidine rings is 1. The fourth-order valence-corrected chi connectivity index (χ4v) is 6.68. The van der Waals surface area contributed by atoms with Crippen LogP contribution in [0, 0.1) is 13.8 Å². The molecule has 264 valence electrons. The Hall–Kier alpha value is -3.28. The molecule has 2 aromatic heterocycles. The highest BCUT2D eigenvalue weighted by molar-refractivity contribution is 9.10. The monoisotopic (exact) mass is 735 g/mol. The normalized spacial score (nSPS) is 16.2. The van der Waals surface area contributed by atoms with Crippen LogP contribution in [0.25, 0.3) is 16.9 Å². The molecular weight excluding hydrogens is 686 g/mol. The highest BCUT2D eigenvalue weighted by Gasteiger charge is 2.37. The smallest absolute Gasteiger partial charge is 0.337 e. The van der Waals surface area contributed by atoms with Gasteiger partial charge in [-0.15, -0.1) is 0 Å². The predicted octanol–water partition coefficient (Wildman–Crippen LogP) is 8.32. The summed E-state index contributed by atoms with van der Waals surface area (Å²) in [6.07, 6.45) is 2.37. The lowest BCUT2D eigenvalue weighted by Crippen LogP contribution is -2.46. The molecule has 2 atom stereocenters. The minimum atomic E-state index is -1.16. The van der Waals surface area contributed by atoms with Gasteiger partial charge in [0.1, 0.15) is 11.5 Å². The highest BCUT2D eigenvalue weighted by atomic mass is 79.9. The lowest BCUT2D eigenvalue weighted by Gasteiger charge is -2.42. The molecule has 1 saturated heterocycles. The third-order valence-corrected chi connectivity index (χ3v) is 9.58. The van der Waals surface area contributed by atoms with Crippen LogP contribution in [0.5, 0.6) is 0 Å². The maximum Gasteiger partial charge on any atom is 0.337 e. The molecule has 1 aliphatic rings. The fourth-order valence-electron chi connectivity index (χ4n) is 6.28. The van der Waals surface area contributed by atoms with Gasteiger partial charge < -0.3 is 29.0 Å². The SMILES string of the molecule is Cc1c([C@H](OC(C)(C)C)C(=O)O)c(N2CCC(C)(OCCOC[C@@H](C)OCc3ccccc3)CC2)n2cc(-c3cccc(Br)c3)nc2c1C. The number of benzene rings is 2. The standard InChI is InChI=1S/C39H50BrN3O6/c1-26(47-25-29-12-9-8-10-13-29)24-46-20-21-48-39(7)16-18-42(19-17-39)36-33(34(37(44)45)49-38(4,5)6)27(2)28(3)35-41-32(23-43(35)36)30-14-11-15-31(40)22-30/h8-15,22-23,26,34H,16-21,24-25H2,1-7H3,(H,44,45)/t26-,34+/m1/s1. The molecule has 0 amide bonds. The molecule has 3 heterocycles. The number of imidazole rings is 1. The Balaban J connectivity index is 1.33. The van der Waals surface area contributed by atoms with Crippen molar-refractivity contribution in [2.45, 2.75) is 91.3 Å². The van der Waals surface area contributed by atoms with E-state index in [1.807, 2.05) is 90.2 Å². The summed E-state index contributed by atoms with van der Waals surface area (Å²) in [6, 6.07) is 18.2. The zero-order chi connectivity index (χ0) is 35.3. The Morgan fingerprint density at radius 1 is 1.04 bits per heavy atom. The number of carbonyl (C=O) groups is 1. The van der Waals surface area contributed by atoms with Crippen LogP contribution in [0.2, 0.25) is 0 Å². The Kier molecular flexibility index (Phi) is 11.9. The molecule has 0 saturated carbocycles. The van der Waals surface area contributed by atoms with E-state index in [1.165, 1.54) is 0 Å². The summed E-state index contributed by atoms with van der Waals surface area (Å²) in [5, 5.41) is 10.5. The number of rotatable bonds is 14. The van der Waals surface area contributed by atoms with Gasteiger partial charge in [0, 0.05) is 34.9 Å². The van der Waals surface area contributed by atoms with E-state index in [2.05, 4.69) is 44.3 Å². The van der Waals surface area contributed by atoms with Crippen LogP contribution in [-0.4, -0.2) is 70.7 Å². The summed E-state index contributed by atoms with van der Waals surface area (Å²) >= 11 is 3.59. The van der Waals surface area contributed by atoms with Crippen LogP contribution in [0.3, 0.4) is 0 Å². The van der Waals surface area contributed by atoms with Gasteiger partial charge in [-0.1, -0.05) is 58.4 Å². The molecule has 4 aromatic rings. The second-order valence-corrected chi connectivity index (χ2v) is 15.1. The first-order valence-electron chi connectivity index (χ1n) is 17.1. The van der Waals surface area contributed by atoms with E-state index in [0.29, 0.717) is 45.1 Å². The number of carboxylic acids is 1. The molecule has 1 N–H and O–H groups in total. The average Bonchev–Trinajstić information content (AvgIpc) is 3.50. The third-order valence-electron chi connectivity index (χ3n) is 9.08. The first kappa shape index (κ1) is 37.0. The van der Waals surface area contributed by atoms with Crippen molar-refractivity contribution in [2.75, 3.05) is 37.8 Å². The molecule has 0 bridgehead atoms. The van der Waals surface area contributed by atoms with E-state index in [4.69, 9.17) is 23.9 Å². The average molecular weight is 737 g/mol. The van der Waals surface area contributed by atoms with Crippen LogP contribution in [0.1, 0.15) is 75.8 Å². The number of fused-ring (bicyclic) bond motifs is 1. The van der Waals surface area contributed by atoms with E-state index >= 15 is 0 Å². The predicted molar refractivity (Wildman–Crippen MR) is 196 cm³/mol. The summed E-state index contributed by atoms with van der Waals surface area (Å²) in [5.41, 5.74) is 5.18. The van der Waals surface area contributed by atoms with Crippen LogP contribution in [0.15, 0.2) is 65.3 Å². The van der Waals surface area contributed by atoms with Gasteiger partial charge in [0.05, 0.1) is 49.4 Å². The number of ether oxygens (including phenoxy) is 4. The Labute approximate surface area is 298 Å². The molecule has 2 aromatic carbocycles. The third kappa shape index (κ3) is 9.29. The summed E-state index contributed by atoms with van der Waals surface area (Å²) in [4.78, 5) is 20.2. The lowest BCUT2D eigenvalue weighted by atomic mass is 9.92. The minimum Gasteiger partial charge on any atom is -0.479 e. The van der Waals surface area contributed by atoms with Gasteiger partial charge >= 0.3 is 5.97 Å². The van der Waals surface area contributed by atoms with Crippen molar-refractivity contribution >= 4 is 33.4 Å². The second kappa shape index (κ2) is 15.7. The number of aryl methyl sites for hydroxylation is 1. The Morgan fingerprint density at radius 3 is 2.41 bits per heavy atom. The number of pyridine rings is 1. The maximum atomic E-state index is 12.9. The van der Waals surface area contributed by atoms with E-state index in [-0.39, 0.29) is 11.7 Å². The van der Waals surface area contributed by atoms with Crippen molar-refractivity contribution in [2.24, 2.45) is 0 Å². The number of hydrogen-bond acceptors (Lipinski definition) is 7. The number of carboxylic acid groups (broad SMARTS) is 1. The topological polar surface area (TPSA) is 94.8 Å². The van der Waals surface area contributed by atoms with Crippen molar-refractivity contribution in [3.63, 3.8) is 0 Å². The molecule has 0 spiro atoms. The Morgan fingerprint density at radius 2 is 1.76 bits per heavy atom. The molecular formula is C39H50BrN3O6. The van der Waals surface area contributed by atoms with Gasteiger partial charge in [0.15, 0.2) is 6.10 Å². The van der Waals surface area contributed by atoms with E-state index in [0.717, 1.165) is 56.7 Å². The van der Waals surface area contributed by atoms with Crippen molar-refractivity contribution < 1.29 is 28.8 Å². The molecule has 9 nitrogen and oxygen atoms in total. The Bertz CT molecular complexity index is 1730. The molecule has 1 fully saturated rings. The molecule has 5 rings (SSSR count). The number of anilines is 1. The summed E-state index contributed by atoms with van der Waals surface area (Å²) in [6.45, 7) is 17.2. The number of aliphatic carboxylic acids is 1. The van der Waals surface area contributed by atoms with E-state index < -0.39 is 17.7 Å². The largest absolute Gasteiger partial charge is 0.479 e. The van der Waals surface area contributed by atoms with E-state index in [1.54, 1.807) is 0 Å². The number of nitrogens with zero attached hydrogens (tertiary/aromatic N) is 3. The van der Waals surface area contributed by atoms with Crippen LogP contribution >= 0.6 is 15.9 Å². The minimum absolute atomic E-state index is 0.0213.